The maximum atomic E-state index is 11.5. The summed E-state index contributed by atoms with van der Waals surface area (Å²) in [7, 11) is 0. The smallest absolute Gasteiger partial charge is 0.303 e. The molecule has 2 aliphatic rings. The van der Waals surface area contributed by atoms with Gasteiger partial charge in [0.15, 0.2) is 6.29 Å². The number of hydrogen-bond acceptors (Lipinski definition) is 5. The zero-order chi connectivity index (χ0) is 16.1. The minimum absolute atomic E-state index is 0.0416. The third-order valence-corrected chi connectivity index (χ3v) is 4.38. The molecule has 0 unspecified atom stereocenters. The second-order valence-electron chi connectivity index (χ2n) is 6.11. The lowest BCUT2D eigenvalue weighted by Gasteiger charge is -2.32. The van der Waals surface area contributed by atoms with Gasteiger partial charge in [-0.3, -0.25) is 4.79 Å². The molecule has 126 valence electrons. The molecule has 1 heterocycles. The van der Waals surface area contributed by atoms with Gasteiger partial charge in [-0.05, 0) is 24.8 Å². The van der Waals surface area contributed by atoms with E-state index in [0.29, 0.717) is 19.8 Å². The van der Waals surface area contributed by atoms with E-state index >= 15 is 0 Å². The summed E-state index contributed by atoms with van der Waals surface area (Å²) < 4.78 is 23.0. The van der Waals surface area contributed by atoms with E-state index in [-0.39, 0.29) is 30.4 Å². The van der Waals surface area contributed by atoms with Crippen molar-refractivity contribution in [2.45, 2.75) is 51.3 Å². The Morgan fingerprint density at radius 3 is 2.61 bits per heavy atom. The highest BCUT2D eigenvalue weighted by Gasteiger charge is 2.45. The van der Waals surface area contributed by atoms with Gasteiger partial charge in [0.25, 0.3) is 0 Å². The Labute approximate surface area is 136 Å². The summed E-state index contributed by atoms with van der Waals surface area (Å²) in [6.07, 6.45) is 1.92. The zero-order valence-corrected chi connectivity index (χ0v) is 13.5. The van der Waals surface area contributed by atoms with E-state index in [1.165, 1.54) is 6.92 Å². The number of esters is 1. The van der Waals surface area contributed by atoms with Gasteiger partial charge in [0.05, 0.1) is 25.9 Å². The third kappa shape index (κ3) is 4.31. The Morgan fingerprint density at radius 1 is 1.17 bits per heavy atom. The van der Waals surface area contributed by atoms with Gasteiger partial charge < -0.3 is 18.9 Å². The van der Waals surface area contributed by atoms with E-state index in [0.717, 1.165) is 24.8 Å². The van der Waals surface area contributed by atoms with Crippen molar-refractivity contribution in [3.05, 3.63) is 35.9 Å². The monoisotopic (exact) mass is 320 g/mol. The SMILES string of the molecule is CC(=O)O[C@@H]1[C@@H](C2OCCCO2)CC[C@H]1OCc1ccccc1. The summed E-state index contributed by atoms with van der Waals surface area (Å²) in [5.41, 5.74) is 1.11. The van der Waals surface area contributed by atoms with E-state index in [2.05, 4.69) is 0 Å². The van der Waals surface area contributed by atoms with Crippen LogP contribution in [-0.4, -0.2) is 37.7 Å². The molecule has 0 bridgehead atoms. The molecule has 1 aliphatic carbocycles. The Morgan fingerprint density at radius 2 is 1.91 bits per heavy atom. The van der Waals surface area contributed by atoms with Crippen LogP contribution in [0.15, 0.2) is 30.3 Å². The lowest BCUT2D eigenvalue weighted by molar-refractivity contribution is -0.224. The number of rotatable bonds is 5. The van der Waals surface area contributed by atoms with Crippen LogP contribution in [0.4, 0.5) is 0 Å². The Bertz CT molecular complexity index is 497. The lowest BCUT2D eigenvalue weighted by atomic mass is 10.0. The van der Waals surface area contributed by atoms with Crippen LogP contribution in [0.2, 0.25) is 0 Å². The van der Waals surface area contributed by atoms with Crippen molar-refractivity contribution < 1.29 is 23.7 Å². The average molecular weight is 320 g/mol. The van der Waals surface area contributed by atoms with Crippen molar-refractivity contribution in [2.24, 2.45) is 5.92 Å². The molecule has 0 radical (unpaired) electrons. The summed E-state index contributed by atoms with van der Waals surface area (Å²) in [6, 6.07) is 10.0. The van der Waals surface area contributed by atoms with Crippen molar-refractivity contribution >= 4 is 5.97 Å². The predicted octanol–water partition coefficient (Wildman–Crippen LogP) is 2.68. The van der Waals surface area contributed by atoms with Crippen LogP contribution in [0.1, 0.15) is 31.7 Å². The number of hydrogen-bond donors (Lipinski definition) is 0. The molecule has 1 aromatic carbocycles. The molecule has 5 nitrogen and oxygen atoms in total. The number of benzene rings is 1. The van der Waals surface area contributed by atoms with Crippen LogP contribution in [-0.2, 0) is 30.3 Å². The highest BCUT2D eigenvalue weighted by Crippen LogP contribution is 2.36. The number of carbonyl (C=O) groups is 1. The molecule has 0 aromatic heterocycles. The second-order valence-corrected chi connectivity index (χ2v) is 6.11. The minimum Gasteiger partial charge on any atom is -0.459 e. The summed E-state index contributed by atoms with van der Waals surface area (Å²) in [4.78, 5) is 11.5. The topological polar surface area (TPSA) is 54.0 Å². The molecule has 1 aromatic rings. The first kappa shape index (κ1) is 16.4. The molecular formula is C18H24O5. The van der Waals surface area contributed by atoms with Gasteiger partial charge in [0, 0.05) is 12.8 Å². The van der Waals surface area contributed by atoms with Crippen molar-refractivity contribution in [2.75, 3.05) is 13.2 Å². The fraction of sp³-hybridized carbons (Fsp3) is 0.611. The van der Waals surface area contributed by atoms with Gasteiger partial charge in [-0.25, -0.2) is 0 Å². The van der Waals surface area contributed by atoms with Crippen molar-refractivity contribution in [1.82, 2.24) is 0 Å². The van der Waals surface area contributed by atoms with Gasteiger partial charge in [-0.1, -0.05) is 30.3 Å². The quantitative estimate of drug-likeness (QED) is 0.781. The van der Waals surface area contributed by atoms with E-state index in [1.807, 2.05) is 30.3 Å². The third-order valence-electron chi connectivity index (χ3n) is 4.38. The first-order chi connectivity index (χ1) is 11.2. The molecule has 1 aliphatic heterocycles. The molecule has 23 heavy (non-hydrogen) atoms. The zero-order valence-electron chi connectivity index (χ0n) is 13.5. The predicted molar refractivity (Wildman–Crippen MR) is 83.6 cm³/mol. The van der Waals surface area contributed by atoms with Crippen LogP contribution in [0.25, 0.3) is 0 Å². The van der Waals surface area contributed by atoms with Crippen LogP contribution in [0.5, 0.6) is 0 Å². The van der Waals surface area contributed by atoms with Gasteiger partial charge in [-0.15, -0.1) is 0 Å². The van der Waals surface area contributed by atoms with Gasteiger partial charge in [0.2, 0.25) is 0 Å². The lowest BCUT2D eigenvalue weighted by Crippen LogP contribution is -2.41. The first-order valence-corrected chi connectivity index (χ1v) is 8.30. The van der Waals surface area contributed by atoms with Crippen molar-refractivity contribution in [1.29, 1.82) is 0 Å². The maximum absolute atomic E-state index is 11.5. The van der Waals surface area contributed by atoms with E-state index < -0.39 is 0 Å². The minimum atomic E-state index is -0.306. The van der Waals surface area contributed by atoms with Crippen LogP contribution in [0.3, 0.4) is 0 Å². The van der Waals surface area contributed by atoms with Gasteiger partial charge in [0.1, 0.15) is 6.10 Å². The normalized spacial score (nSPS) is 28.7. The first-order valence-electron chi connectivity index (χ1n) is 8.30. The highest BCUT2D eigenvalue weighted by atomic mass is 16.7. The van der Waals surface area contributed by atoms with Crippen LogP contribution >= 0.6 is 0 Å². The highest BCUT2D eigenvalue weighted by molar-refractivity contribution is 5.66. The molecular weight excluding hydrogens is 296 g/mol. The van der Waals surface area contributed by atoms with Crippen LogP contribution in [0, 0.1) is 5.92 Å². The second kappa shape index (κ2) is 7.90. The van der Waals surface area contributed by atoms with Crippen molar-refractivity contribution in [3.8, 4) is 0 Å². The van der Waals surface area contributed by atoms with E-state index in [9.17, 15) is 4.79 Å². The van der Waals surface area contributed by atoms with Crippen molar-refractivity contribution in [3.63, 3.8) is 0 Å². The molecule has 3 rings (SSSR count). The Kier molecular flexibility index (Phi) is 5.65. The molecule has 1 saturated heterocycles. The fourth-order valence-electron chi connectivity index (χ4n) is 3.32. The molecule has 0 N–H and O–H groups in total. The molecule has 2 fully saturated rings. The number of ether oxygens (including phenoxy) is 4. The maximum Gasteiger partial charge on any atom is 0.303 e. The fourth-order valence-corrected chi connectivity index (χ4v) is 3.32. The summed E-state index contributed by atoms with van der Waals surface area (Å²) in [5, 5.41) is 0. The Balaban J connectivity index is 1.63. The molecule has 0 amide bonds. The number of carbonyl (C=O) groups excluding carboxylic acids is 1. The average Bonchev–Trinajstić information content (AvgIpc) is 2.97. The van der Waals surface area contributed by atoms with Gasteiger partial charge in [-0.2, -0.15) is 0 Å². The van der Waals surface area contributed by atoms with E-state index in [4.69, 9.17) is 18.9 Å². The molecule has 5 heteroatoms. The van der Waals surface area contributed by atoms with Gasteiger partial charge >= 0.3 is 5.97 Å². The largest absolute Gasteiger partial charge is 0.459 e. The molecule has 1 saturated carbocycles. The molecule has 3 atom stereocenters. The summed E-state index contributed by atoms with van der Waals surface area (Å²) >= 11 is 0. The Hall–Kier alpha value is -1.43. The van der Waals surface area contributed by atoms with Crippen LogP contribution < -0.4 is 0 Å². The standard InChI is InChI=1S/C18H24O5/c1-13(19)23-17-15(18-20-10-5-11-21-18)8-9-16(17)22-12-14-6-3-2-4-7-14/h2-4,6-7,15-18H,5,8-12H2,1H3/t15-,16+,17+/m0/s1. The summed E-state index contributed by atoms with van der Waals surface area (Å²) in [5.74, 6) is -0.244. The summed E-state index contributed by atoms with van der Waals surface area (Å²) in [6.45, 7) is 3.35. The van der Waals surface area contributed by atoms with E-state index in [1.54, 1.807) is 0 Å². The molecule has 0 spiro atoms.